The van der Waals surface area contributed by atoms with Crippen LogP contribution in [0.5, 0.6) is 0 Å². The Balaban J connectivity index is 1.39. The van der Waals surface area contributed by atoms with Gasteiger partial charge in [-0.1, -0.05) is 12.1 Å². The summed E-state index contributed by atoms with van der Waals surface area (Å²) in [6, 6.07) is 12.4. The largest absolute Gasteiger partial charge is 0.444 e. The van der Waals surface area contributed by atoms with Crippen molar-refractivity contribution in [1.29, 1.82) is 0 Å². The molecule has 136 valence electrons. The van der Waals surface area contributed by atoms with Crippen molar-refractivity contribution in [2.75, 3.05) is 6.54 Å². The van der Waals surface area contributed by atoms with Crippen molar-refractivity contribution in [1.82, 2.24) is 24.5 Å². The zero-order valence-electron chi connectivity index (χ0n) is 14.6. The third-order valence-electron chi connectivity index (χ3n) is 4.99. The Kier molecular flexibility index (Phi) is 3.94. The van der Waals surface area contributed by atoms with Gasteiger partial charge in [-0.3, -0.25) is 9.30 Å². The molecule has 0 bridgehead atoms. The van der Waals surface area contributed by atoms with Crippen LogP contribution in [-0.4, -0.2) is 31.0 Å². The highest BCUT2D eigenvalue weighted by Crippen LogP contribution is 2.32. The molecular weight excluding hydrogens is 345 g/mol. The zero-order valence-corrected chi connectivity index (χ0v) is 14.6. The Bertz CT molecular complexity index is 1090. The summed E-state index contributed by atoms with van der Waals surface area (Å²) in [5.41, 5.74) is 2.33. The quantitative estimate of drug-likeness (QED) is 0.551. The van der Waals surface area contributed by atoms with Crippen LogP contribution in [0, 0.1) is 5.82 Å². The summed E-state index contributed by atoms with van der Waals surface area (Å²) in [4.78, 5) is 6.89. The monoisotopic (exact) mass is 363 g/mol. The molecule has 1 aliphatic heterocycles. The Labute approximate surface area is 155 Å². The lowest BCUT2D eigenvalue weighted by Crippen LogP contribution is -2.24. The number of pyridine rings is 1. The number of benzene rings is 1. The van der Waals surface area contributed by atoms with Crippen LogP contribution in [0.2, 0.25) is 0 Å². The second-order valence-corrected chi connectivity index (χ2v) is 6.77. The van der Waals surface area contributed by atoms with Gasteiger partial charge >= 0.3 is 0 Å². The molecule has 27 heavy (non-hydrogen) atoms. The van der Waals surface area contributed by atoms with E-state index in [1.54, 1.807) is 18.4 Å². The van der Waals surface area contributed by atoms with Crippen molar-refractivity contribution in [3.8, 4) is 11.5 Å². The second kappa shape index (κ2) is 6.59. The molecule has 4 heterocycles. The van der Waals surface area contributed by atoms with Gasteiger partial charge in [0.25, 0.3) is 0 Å². The van der Waals surface area contributed by atoms with Gasteiger partial charge in [-0.2, -0.15) is 0 Å². The molecule has 6 nitrogen and oxygen atoms in total. The van der Waals surface area contributed by atoms with Crippen LogP contribution in [0.4, 0.5) is 4.39 Å². The third-order valence-corrected chi connectivity index (χ3v) is 4.99. The summed E-state index contributed by atoms with van der Waals surface area (Å²) in [5.74, 6) is 1.09. The van der Waals surface area contributed by atoms with E-state index < -0.39 is 0 Å². The fraction of sp³-hybridized carbons (Fsp3) is 0.250. The van der Waals surface area contributed by atoms with E-state index in [9.17, 15) is 4.39 Å². The van der Waals surface area contributed by atoms with Crippen LogP contribution >= 0.6 is 0 Å². The lowest BCUT2D eigenvalue weighted by atomic mass is 10.2. The molecule has 4 aromatic rings. The molecule has 0 aliphatic carbocycles. The fourth-order valence-corrected chi connectivity index (χ4v) is 3.74. The van der Waals surface area contributed by atoms with E-state index in [4.69, 9.17) is 4.42 Å². The first-order valence-corrected chi connectivity index (χ1v) is 9.02. The average Bonchev–Trinajstić information content (AvgIpc) is 3.41. The van der Waals surface area contributed by atoms with Crippen molar-refractivity contribution in [3.05, 3.63) is 72.3 Å². The standard InChI is InChI=1S/C20H18FN5O/c21-15-6-3-5-14(11-15)20-22-16(13-27-20)12-25-9-4-7-17(25)19-24-23-18-8-1-2-10-26(18)19/h1-3,5-6,8,10-11,13,17H,4,7,9,12H2. The van der Waals surface area contributed by atoms with Crippen molar-refractivity contribution in [2.24, 2.45) is 0 Å². The molecule has 0 radical (unpaired) electrons. The lowest BCUT2D eigenvalue weighted by molar-refractivity contribution is 0.236. The SMILES string of the molecule is Fc1cccc(-c2nc(CN3CCCC3c3nnc4ccccn34)co2)c1. The number of oxazole rings is 1. The molecule has 3 aromatic heterocycles. The minimum atomic E-state index is -0.300. The first-order valence-electron chi connectivity index (χ1n) is 9.02. The van der Waals surface area contributed by atoms with Crippen molar-refractivity contribution in [3.63, 3.8) is 0 Å². The van der Waals surface area contributed by atoms with Crippen LogP contribution in [0.15, 0.2) is 59.3 Å². The summed E-state index contributed by atoms with van der Waals surface area (Å²) < 4.78 is 21.1. The lowest BCUT2D eigenvalue weighted by Gasteiger charge is -2.21. The molecule has 1 aromatic carbocycles. The zero-order chi connectivity index (χ0) is 18.2. The second-order valence-electron chi connectivity index (χ2n) is 6.77. The minimum Gasteiger partial charge on any atom is -0.444 e. The van der Waals surface area contributed by atoms with Crippen LogP contribution < -0.4 is 0 Å². The maximum atomic E-state index is 13.4. The van der Waals surface area contributed by atoms with E-state index in [-0.39, 0.29) is 11.9 Å². The molecule has 1 unspecified atom stereocenters. The number of rotatable bonds is 4. The van der Waals surface area contributed by atoms with Gasteiger partial charge < -0.3 is 4.42 Å². The number of fused-ring (bicyclic) bond motifs is 1. The van der Waals surface area contributed by atoms with Gasteiger partial charge in [0, 0.05) is 18.3 Å². The maximum Gasteiger partial charge on any atom is 0.226 e. The van der Waals surface area contributed by atoms with Crippen molar-refractivity contribution >= 4 is 5.65 Å². The summed E-state index contributed by atoms with van der Waals surface area (Å²) in [6.07, 6.45) is 5.78. The Hall–Kier alpha value is -3.06. The topological polar surface area (TPSA) is 59.5 Å². The molecule has 1 atom stereocenters. The predicted octanol–water partition coefficient (Wildman–Crippen LogP) is 3.86. The summed E-state index contributed by atoms with van der Waals surface area (Å²) in [5, 5.41) is 8.69. The molecule has 1 aliphatic rings. The number of nitrogens with zero attached hydrogens (tertiary/aromatic N) is 5. The number of halogens is 1. The molecule has 0 amide bonds. The summed E-state index contributed by atoms with van der Waals surface area (Å²) in [6.45, 7) is 1.62. The smallest absolute Gasteiger partial charge is 0.226 e. The average molecular weight is 363 g/mol. The highest BCUT2D eigenvalue weighted by atomic mass is 19.1. The highest BCUT2D eigenvalue weighted by molar-refractivity contribution is 5.52. The van der Waals surface area contributed by atoms with E-state index >= 15 is 0 Å². The number of hydrogen-bond donors (Lipinski definition) is 0. The molecule has 1 saturated heterocycles. The van der Waals surface area contributed by atoms with Crippen LogP contribution in [0.1, 0.15) is 30.4 Å². The summed E-state index contributed by atoms with van der Waals surface area (Å²) >= 11 is 0. The number of hydrogen-bond acceptors (Lipinski definition) is 5. The molecule has 0 N–H and O–H groups in total. The van der Waals surface area contributed by atoms with Gasteiger partial charge in [0.1, 0.15) is 12.1 Å². The van der Waals surface area contributed by atoms with Crippen LogP contribution in [0.25, 0.3) is 17.1 Å². The highest BCUT2D eigenvalue weighted by Gasteiger charge is 2.30. The molecule has 0 spiro atoms. The molecular formula is C20H18FN5O. The van der Waals surface area contributed by atoms with E-state index in [0.29, 0.717) is 18.0 Å². The molecule has 0 saturated carbocycles. The Morgan fingerprint density at radius 1 is 1.15 bits per heavy atom. The predicted molar refractivity (Wildman–Crippen MR) is 97.3 cm³/mol. The maximum absolute atomic E-state index is 13.4. The molecule has 1 fully saturated rings. The van der Waals surface area contributed by atoms with Gasteiger partial charge in [0.2, 0.25) is 5.89 Å². The molecule has 5 rings (SSSR count). The third kappa shape index (κ3) is 3.00. The normalized spacial score (nSPS) is 17.7. The van der Waals surface area contributed by atoms with Gasteiger partial charge in [0.05, 0.1) is 11.7 Å². The van der Waals surface area contributed by atoms with E-state index in [0.717, 1.165) is 36.6 Å². The van der Waals surface area contributed by atoms with Gasteiger partial charge in [-0.25, -0.2) is 9.37 Å². The number of likely N-dealkylation sites (tertiary alicyclic amines) is 1. The van der Waals surface area contributed by atoms with E-state index in [1.807, 2.05) is 28.8 Å². The van der Waals surface area contributed by atoms with Gasteiger partial charge in [-0.15, -0.1) is 10.2 Å². The fourth-order valence-electron chi connectivity index (χ4n) is 3.74. The minimum absolute atomic E-state index is 0.191. The number of aromatic nitrogens is 4. The van der Waals surface area contributed by atoms with Crippen LogP contribution in [-0.2, 0) is 6.54 Å². The van der Waals surface area contributed by atoms with Crippen molar-refractivity contribution in [2.45, 2.75) is 25.4 Å². The van der Waals surface area contributed by atoms with Crippen molar-refractivity contribution < 1.29 is 8.81 Å². The Morgan fingerprint density at radius 3 is 3.04 bits per heavy atom. The van der Waals surface area contributed by atoms with Gasteiger partial charge in [-0.05, 0) is 49.7 Å². The van der Waals surface area contributed by atoms with E-state index in [1.165, 1.54) is 12.1 Å². The molecule has 7 heteroatoms. The van der Waals surface area contributed by atoms with Gasteiger partial charge in [0.15, 0.2) is 11.5 Å². The first-order chi connectivity index (χ1) is 13.3. The van der Waals surface area contributed by atoms with Crippen LogP contribution in [0.3, 0.4) is 0 Å². The van der Waals surface area contributed by atoms with E-state index in [2.05, 4.69) is 20.1 Å². The summed E-state index contributed by atoms with van der Waals surface area (Å²) in [7, 11) is 0. The Morgan fingerprint density at radius 2 is 2.11 bits per heavy atom. The first kappa shape index (κ1) is 16.1.